The van der Waals surface area contributed by atoms with Gasteiger partial charge in [0.1, 0.15) is 0 Å². The molecule has 124 valence electrons. The van der Waals surface area contributed by atoms with Crippen LogP contribution in [0.15, 0.2) is 24.3 Å². The van der Waals surface area contributed by atoms with Crippen LogP contribution in [0.4, 0.5) is 14.5 Å². The highest BCUT2D eigenvalue weighted by molar-refractivity contribution is 5.95. The fourth-order valence-electron chi connectivity index (χ4n) is 2.92. The second-order valence-corrected chi connectivity index (χ2v) is 6.10. The maximum atomic E-state index is 13.1. The number of nitrogens with zero attached hydrogens (tertiary/aromatic N) is 1. The number of hydrogen-bond acceptors (Lipinski definition) is 3. The number of likely N-dealkylation sites (tertiary alicyclic amines) is 1. The van der Waals surface area contributed by atoms with Crippen LogP contribution < -0.4 is 10.6 Å². The van der Waals surface area contributed by atoms with Crippen molar-refractivity contribution < 1.29 is 18.4 Å². The van der Waals surface area contributed by atoms with Gasteiger partial charge in [-0.15, -0.1) is 0 Å². The standard InChI is InChI=1S/C16H19F2N3O2/c17-16(18)8-13(19-10-16)15(23)20-12-5-3-11(4-6-12)9-21-7-1-2-14(21)22/h3-6,13,19H,1-2,7-10H2,(H,20,23). The Kier molecular flexibility index (Phi) is 4.30. The number of carbonyl (C=O) groups is 2. The Hall–Kier alpha value is -2.02. The third-order valence-corrected chi connectivity index (χ3v) is 4.19. The minimum absolute atomic E-state index is 0.163. The lowest BCUT2D eigenvalue weighted by Crippen LogP contribution is -2.35. The van der Waals surface area contributed by atoms with Gasteiger partial charge < -0.3 is 10.2 Å². The molecule has 0 radical (unpaired) electrons. The van der Waals surface area contributed by atoms with Crippen LogP contribution in [0.5, 0.6) is 0 Å². The lowest BCUT2D eigenvalue weighted by molar-refractivity contribution is -0.128. The lowest BCUT2D eigenvalue weighted by Gasteiger charge is -2.16. The second kappa shape index (κ2) is 6.23. The van der Waals surface area contributed by atoms with E-state index in [-0.39, 0.29) is 5.91 Å². The van der Waals surface area contributed by atoms with E-state index in [1.54, 1.807) is 17.0 Å². The first kappa shape index (κ1) is 15.9. The first-order valence-electron chi connectivity index (χ1n) is 7.72. The maximum absolute atomic E-state index is 13.1. The first-order valence-corrected chi connectivity index (χ1v) is 7.72. The van der Waals surface area contributed by atoms with Crippen LogP contribution in [0, 0.1) is 0 Å². The summed E-state index contributed by atoms with van der Waals surface area (Å²) in [5.74, 6) is -3.12. The van der Waals surface area contributed by atoms with Gasteiger partial charge in [0, 0.05) is 31.6 Å². The van der Waals surface area contributed by atoms with Crippen LogP contribution in [0.3, 0.4) is 0 Å². The molecule has 0 aromatic heterocycles. The lowest BCUT2D eigenvalue weighted by atomic mass is 10.1. The number of halogens is 2. The van der Waals surface area contributed by atoms with Crippen LogP contribution in [-0.2, 0) is 16.1 Å². The van der Waals surface area contributed by atoms with Crippen molar-refractivity contribution in [3.8, 4) is 0 Å². The molecule has 2 aliphatic rings. The van der Waals surface area contributed by atoms with Gasteiger partial charge in [0.2, 0.25) is 11.8 Å². The zero-order valence-electron chi connectivity index (χ0n) is 12.6. The van der Waals surface area contributed by atoms with Gasteiger partial charge >= 0.3 is 0 Å². The largest absolute Gasteiger partial charge is 0.338 e. The summed E-state index contributed by atoms with van der Waals surface area (Å²) < 4.78 is 26.2. The molecule has 2 heterocycles. The normalized spacial score (nSPS) is 23.3. The number of benzene rings is 1. The van der Waals surface area contributed by atoms with Gasteiger partial charge in [-0.3, -0.25) is 14.9 Å². The number of nitrogens with one attached hydrogen (secondary N) is 2. The molecule has 2 amide bonds. The number of alkyl halides is 2. The molecule has 0 bridgehead atoms. The Balaban J connectivity index is 1.55. The molecule has 1 unspecified atom stereocenters. The quantitative estimate of drug-likeness (QED) is 0.887. The molecule has 0 aliphatic carbocycles. The van der Waals surface area contributed by atoms with E-state index < -0.39 is 30.8 Å². The summed E-state index contributed by atoms with van der Waals surface area (Å²) in [6.07, 6.45) is 1.02. The van der Waals surface area contributed by atoms with Crippen molar-refractivity contribution in [3.63, 3.8) is 0 Å². The van der Waals surface area contributed by atoms with Crippen LogP contribution in [-0.4, -0.2) is 41.8 Å². The Morgan fingerprint density at radius 2 is 2.09 bits per heavy atom. The highest BCUT2D eigenvalue weighted by atomic mass is 19.3. The smallest absolute Gasteiger partial charge is 0.262 e. The molecule has 1 aromatic rings. The first-order chi connectivity index (χ1) is 10.9. The van der Waals surface area contributed by atoms with E-state index in [1.807, 2.05) is 12.1 Å². The number of amides is 2. The fourth-order valence-corrected chi connectivity index (χ4v) is 2.92. The predicted molar refractivity (Wildman–Crippen MR) is 81.1 cm³/mol. The Morgan fingerprint density at radius 3 is 2.65 bits per heavy atom. The van der Waals surface area contributed by atoms with Crippen molar-refractivity contribution in [2.45, 2.75) is 37.8 Å². The molecule has 1 aromatic carbocycles. The van der Waals surface area contributed by atoms with E-state index in [2.05, 4.69) is 10.6 Å². The van der Waals surface area contributed by atoms with Crippen LogP contribution in [0.25, 0.3) is 0 Å². The third kappa shape index (κ3) is 3.85. The minimum Gasteiger partial charge on any atom is -0.338 e. The highest BCUT2D eigenvalue weighted by Gasteiger charge is 2.42. The molecule has 7 heteroatoms. The Morgan fingerprint density at radius 1 is 1.35 bits per heavy atom. The van der Waals surface area contributed by atoms with Crippen LogP contribution in [0.1, 0.15) is 24.8 Å². The molecular weight excluding hydrogens is 304 g/mol. The number of anilines is 1. The molecule has 0 spiro atoms. The average molecular weight is 323 g/mol. The van der Waals surface area contributed by atoms with Crippen molar-refractivity contribution in [2.24, 2.45) is 0 Å². The molecule has 5 nitrogen and oxygen atoms in total. The molecule has 3 rings (SSSR count). The summed E-state index contributed by atoms with van der Waals surface area (Å²) in [6, 6.07) is 6.24. The summed E-state index contributed by atoms with van der Waals surface area (Å²) in [4.78, 5) is 25.3. The molecule has 0 saturated carbocycles. The van der Waals surface area contributed by atoms with Gasteiger partial charge in [0.25, 0.3) is 5.92 Å². The number of carbonyl (C=O) groups excluding carboxylic acids is 2. The highest BCUT2D eigenvalue weighted by Crippen LogP contribution is 2.25. The fraction of sp³-hybridized carbons (Fsp3) is 0.500. The van der Waals surface area contributed by atoms with E-state index >= 15 is 0 Å². The van der Waals surface area contributed by atoms with Crippen LogP contribution in [0.2, 0.25) is 0 Å². The zero-order chi connectivity index (χ0) is 16.4. The molecule has 23 heavy (non-hydrogen) atoms. The van der Waals surface area contributed by atoms with E-state index in [4.69, 9.17) is 0 Å². The van der Waals surface area contributed by atoms with E-state index in [0.29, 0.717) is 18.7 Å². The van der Waals surface area contributed by atoms with E-state index in [0.717, 1.165) is 18.5 Å². The van der Waals surface area contributed by atoms with Crippen molar-refractivity contribution in [2.75, 3.05) is 18.4 Å². The topological polar surface area (TPSA) is 61.4 Å². The van der Waals surface area contributed by atoms with E-state index in [1.165, 1.54) is 0 Å². The summed E-state index contributed by atoms with van der Waals surface area (Å²) >= 11 is 0. The molecular formula is C16H19F2N3O2. The Labute approximate surface area is 133 Å². The van der Waals surface area contributed by atoms with Crippen molar-refractivity contribution in [3.05, 3.63) is 29.8 Å². The molecule has 2 aliphatic heterocycles. The molecule has 2 saturated heterocycles. The van der Waals surface area contributed by atoms with E-state index in [9.17, 15) is 18.4 Å². The summed E-state index contributed by atoms with van der Waals surface area (Å²) in [7, 11) is 0. The monoisotopic (exact) mass is 323 g/mol. The zero-order valence-corrected chi connectivity index (χ0v) is 12.6. The SMILES string of the molecule is O=C(Nc1ccc(CN2CCCC2=O)cc1)C1CC(F)(F)CN1. The van der Waals surface area contributed by atoms with Crippen molar-refractivity contribution in [1.29, 1.82) is 0 Å². The Bertz CT molecular complexity index is 604. The van der Waals surface area contributed by atoms with Crippen molar-refractivity contribution >= 4 is 17.5 Å². The van der Waals surface area contributed by atoms with Gasteiger partial charge in [-0.1, -0.05) is 12.1 Å². The number of hydrogen-bond donors (Lipinski definition) is 2. The number of rotatable bonds is 4. The average Bonchev–Trinajstić information content (AvgIpc) is 3.07. The third-order valence-electron chi connectivity index (χ3n) is 4.19. The van der Waals surface area contributed by atoms with Gasteiger partial charge in [-0.05, 0) is 24.1 Å². The van der Waals surface area contributed by atoms with Gasteiger partial charge in [0.15, 0.2) is 0 Å². The second-order valence-electron chi connectivity index (χ2n) is 6.10. The summed E-state index contributed by atoms with van der Waals surface area (Å²) in [5, 5.41) is 5.16. The minimum atomic E-state index is -2.83. The van der Waals surface area contributed by atoms with Gasteiger partial charge in [0.05, 0.1) is 12.6 Å². The molecule has 2 fully saturated rings. The van der Waals surface area contributed by atoms with Gasteiger partial charge in [-0.2, -0.15) is 0 Å². The van der Waals surface area contributed by atoms with Gasteiger partial charge in [-0.25, -0.2) is 8.78 Å². The van der Waals surface area contributed by atoms with Crippen LogP contribution >= 0.6 is 0 Å². The molecule has 2 N–H and O–H groups in total. The predicted octanol–water partition coefficient (Wildman–Crippen LogP) is 1.74. The molecule has 1 atom stereocenters. The maximum Gasteiger partial charge on any atom is 0.262 e. The summed E-state index contributed by atoms with van der Waals surface area (Å²) in [5.41, 5.74) is 1.53. The summed E-state index contributed by atoms with van der Waals surface area (Å²) in [6.45, 7) is 0.871. The van der Waals surface area contributed by atoms with Crippen molar-refractivity contribution in [1.82, 2.24) is 10.2 Å².